The van der Waals surface area contributed by atoms with E-state index in [0.717, 1.165) is 0 Å². The molecule has 10 nitrogen and oxygen atoms in total. The highest BCUT2D eigenvalue weighted by Crippen LogP contribution is 2.25. The highest BCUT2D eigenvalue weighted by molar-refractivity contribution is 6.04. The summed E-state index contributed by atoms with van der Waals surface area (Å²) < 4.78 is 0. The predicted molar refractivity (Wildman–Crippen MR) is 69.4 cm³/mol. The maximum absolute atomic E-state index is 11.9. The normalized spacial score (nSPS) is 10.1. The van der Waals surface area contributed by atoms with Crippen LogP contribution in [0.2, 0.25) is 0 Å². The second-order valence-electron chi connectivity index (χ2n) is 3.80. The average molecular weight is 277 g/mol. The first-order valence-corrected chi connectivity index (χ1v) is 5.53. The molecule has 0 aliphatic heterocycles. The Bertz CT molecular complexity index is 667. The third-order valence-electron chi connectivity index (χ3n) is 2.46. The fraction of sp³-hybridized carbons (Fsp3) is 0.200. The molecule has 20 heavy (non-hydrogen) atoms. The molecular formula is C10H11N7O3. The lowest BCUT2D eigenvalue weighted by molar-refractivity contribution is -0.383. The number of amides is 1. The van der Waals surface area contributed by atoms with Crippen molar-refractivity contribution in [3.63, 3.8) is 0 Å². The lowest BCUT2D eigenvalue weighted by Crippen LogP contribution is -2.14. The minimum absolute atomic E-state index is 0.0573. The summed E-state index contributed by atoms with van der Waals surface area (Å²) in [6.07, 6.45) is 0. The van der Waals surface area contributed by atoms with Gasteiger partial charge in [0.25, 0.3) is 17.5 Å². The third kappa shape index (κ3) is 2.68. The molecule has 0 fully saturated rings. The molecular weight excluding hydrogens is 266 g/mol. The van der Waals surface area contributed by atoms with Gasteiger partial charge in [0.1, 0.15) is 5.69 Å². The highest BCUT2D eigenvalue weighted by atomic mass is 16.6. The van der Waals surface area contributed by atoms with Crippen molar-refractivity contribution >= 4 is 23.2 Å². The zero-order valence-electron chi connectivity index (χ0n) is 10.7. The molecule has 0 aliphatic carbocycles. The number of nitrogens with one attached hydrogen (secondary N) is 2. The van der Waals surface area contributed by atoms with Crippen molar-refractivity contribution in [2.24, 2.45) is 7.05 Å². The molecule has 0 radical (unpaired) electrons. The molecule has 2 rings (SSSR count). The first-order chi connectivity index (χ1) is 9.51. The Morgan fingerprint density at radius 2 is 2.20 bits per heavy atom. The lowest BCUT2D eigenvalue weighted by atomic mass is 10.1. The van der Waals surface area contributed by atoms with Gasteiger partial charge in [-0.1, -0.05) is 5.10 Å². The maximum Gasteiger partial charge on any atom is 0.292 e. The third-order valence-corrected chi connectivity index (χ3v) is 2.46. The minimum atomic E-state index is -0.530. The van der Waals surface area contributed by atoms with Crippen molar-refractivity contribution in [2.45, 2.75) is 0 Å². The predicted octanol–water partition coefficient (Wildman–Crippen LogP) is 0.412. The van der Waals surface area contributed by atoms with Crippen LogP contribution in [0.1, 0.15) is 10.4 Å². The van der Waals surface area contributed by atoms with Gasteiger partial charge in [-0.25, -0.2) is 0 Å². The first-order valence-electron chi connectivity index (χ1n) is 5.53. The van der Waals surface area contributed by atoms with Gasteiger partial charge in [0, 0.05) is 18.7 Å². The topological polar surface area (TPSA) is 128 Å². The van der Waals surface area contributed by atoms with Crippen LogP contribution in [0, 0.1) is 10.1 Å². The summed E-state index contributed by atoms with van der Waals surface area (Å²) in [6.45, 7) is 0. The van der Waals surface area contributed by atoms with E-state index in [1.807, 2.05) is 0 Å². The van der Waals surface area contributed by atoms with E-state index in [1.165, 1.54) is 30.0 Å². The molecule has 0 aliphatic rings. The summed E-state index contributed by atoms with van der Waals surface area (Å²) in [5.41, 5.74) is 0.379. The van der Waals surface area contributed by atoms with Gasteiger partial charge in [-0.15, -0.1) is 5.10 Å². The molecule has 2 aromatic rings. The second-order valence-corrected chi connectivity index (χ2v) is 3.80. The summed E-state index contributed by atoms with van der Waals surface area (Å²) in [6, 6.07) is 3.99. The van der Waals surface area contributed by atoms with Gasteiger partial charge in [-0.3, -0.25) is 20.2 Å². The number of aryl methyl sites for hydroxylation is 1. The molecule has 0 saturated heterocycles. The van der Waals surface area contributed by atoms with E-state index in [0.29, 0.717) is 0 Å². The number of carbonyl (C=O) groups excluding carboxylic acids is 1. The number of hydrogen-bond acceptors (Lipinski definition) is 7. The van der Waals surface area contributed by atoms with Crippen molar-refractivity contribution in [1.82, 2.24) is 20.2 Å². The number of nitro groups is 1. The number of rotatable bonds is 4. The minimum Gasteiger partial charge on any atom is -0.383 e. The number of hydrogen-bond donors (Lipinski definition) is 2. The molecule has 2 N–H and O–H groups in total. The molecule has 1 heterocycles. The van der Waals surface area contributed by atoms with Crippen molar-refractivity contribution in [3.8, 4) is 0 Å². The van der Waals surface area contributed by atoms with E-state index in [1.54, 1.807) is 7.05 Å². The number of carbonyl (C=O) groups is 1. The van der Waals surface area contributed by atoms with Gasteiger partial charge in [0.2, 0.25) is 0 Å². The summed E-state index contributed by atoms with van der Waals surface area (Å²) >= 11 is 0. The SMILES string of the molecule is CNc1cc(C(=O)Nc2nnn(C)n2)ccc1[N+](=O)[O-]. The second kappa shape index (κ2) is 5.30. The van der Waals surface area contributed by atoms with Gasteiger partial charge < -0.3 is 5.32 Å². The van der Waals surface area contributed by atoms with E-state index in [2.05, 4.69) is 26.0 Å². The quantitative estimate of drug-likeness (QED) is 0.611. The van der Waals surface area contributed by atoms with Crippen LogP contribution in [0.25, 0.3) is 0 Å². The van der Waals surface area contributed by atoms with E-state index in [-0.39, 0.29) is 22.9 Å². The van der Waals surface area contributed by atoms with Crippen LogP contribution in [-0.4, -0.2) is 38.1 Å². The Morgan fingerprint density at radius 3 is 2.75 bits per heavy atom. The fourth-order valence-corrected chi connectivity index (χ4v) is 1.54. The molecule has 0 atom stereocenters. The van der Waals surface area contributed by atoms with Gasteiger partial charge in [-0.2, -0.15) is 4.80 Å². The van der Waals surface area contributed by atoms with Crippen LogP contribution in [-0.2, 0) is 7.05 Å². The number of benzene rings is 1. The molecule has 1 aromatic heterocycles. The zero-order valence-corrected chi connectivity index (χ0v) is 10.7. The fourth-order valence-electron chi connectivity index (χ4n) is 1.54. The van der Waals surface area contributed by atoms with Crippen molar-refractivity contribution < 1.29 is 9.72 Å². The Kier molecular flexibility index (Phi) is 3.55. The largest absolute Gasteiger partial charge is 0.383 e. The summed E-state index contributed by atoms with van der Waals surface area (Å²) in [7, 11) is 3.10. The lowest BCUT2D eigenvalue weighted by Gasteiger charge is -2.05. The molecule has 0 bridgehead atoms. The molecule has 0 spiro atoms. The van der Waals surface area contributed by atoms with E-state index in [4.69, 9.17) is 0 Å². The van der Waals surface area contributed by atoms with Gasteiger partial charge >= 0.3 is 0 Å². The molecule has 1 aromatic carbocycles. The van der Waals surface area contributed by atoms with Crippen LogP contribution in [0.3, 0.4) is 0 Å². The molecule has 1 amide bonds. The van der Waals surface area contributed by atoms with Gasteiger partial charge in [0.15, 0.2) is 0 Å². The molecule has 10 heteroatoms. The summed E-state index contributed by atoms with van der Waals surface area (Å²) in [4.78, 5) is 23.4. The van der Waals surface area contributed by atoms with E-state index < -0.39 is 10.8 Å². The monoisotopic (exact) mass is 277 g/mol. The van der Waals surface area contributed by atoms with Crippen LogP contribution in [0.4, 0.5) is 17.3 Å². The number of anilines is 2. The number of nitro benzene ring substituents is 1. The number of tetrazole rings is 1. The van der Waals surface area contributed by atoms with Crippen LogP contribution < -0.4 is 10.6 Å². The zero-order chi connectivity index (χ0) is 14.7. The summed E-state index contributed by atoms with van der Waals surface area (Å²) in [5.74, 6) is -0.425. The van der Waals surface area contributed by atoms with Crippen LogP contribution in [0.5, 0.6) is 0 Å². The summed E-state index contributed by atoms with van der Waals surface area (Å²) in [5, 5.41) is 26.9. The smallest absolute Gasteiger partial charge is 0.292 e. The van der Waals surface area contributed by atoms with Crippen molar-refractivity contribution in [1.29, 1.82) is 0 Å². The number of aromatic nitrogens is 4. The van der Waals surface area contributed by atoms with Crippen LogP contribution >= 0.6 is 0 Å². The first kappa shape index (κ1) is 13.4. The van der Waals surface area contributed by atoms with Gasteiger partial charge in [0.05, 0.1) is 12.0 Å². The average Bonchev–Trinajstić information content (AvgIpc) is 2.83. The molecule has 0 unspecified atom stereocenters. The Labute approximate surface area is 112 Å². The maximum atomic E-state index is 11.9. The van der Waals surface area contributed by atoms with Crippen molar-refractivity contribution in [3.05, 3.63) is 33.9 Å². The Morgan fingerprint density at radius 1 is 1.45 bits per heavy atom. The molecule has 104 valence electrons. The standard InChI is InChI=1S/C10H11N7O3/c1-11-7-5-6(3-4-8(7)17(19)20)9(18)12-10-13-15-16(2)14-10/h3-5,11H,1-2H3,(H,12,14,18). The van der Waals surface area contributed by atoms with E-state index >= 15 is 0 Å². The van der Waals surface area contributed by atoms with Crippen molar-refractivity contribution in [2.75, 3.05) is 17.7 Å². The van der Waals surface area contributed by atoms with E-state index in [9.17, 15) is 14.9 Å². The van der Waals surface area contributed by atoms with Crippen LogP contribution in [0.15, 0.2) is 18.2 Å². The number of nitrogens with zero attached hydrogens (tertiary/aromatic N) is 5. The molecule has 0 saturated carbocycles. The Balaban J connectivity index is 2.24. The Hall–Kier alpha value is -3.04. The van der Waals surface area contributed by atoms with Gasteiger partial charge in [-0.05, 0) is 17.3 Å². The highest BCUT2D eigenvalue weighted by Gasteiger charge is 2.16.